The molecule has 0 bridgehead atoms. The van der Waals surface area contributed by atoms with Crippen LogP contribution in [0.5, 0.6) is 5.75 Å². The van der Waals surface area contributed by atoms with Crippen molar-refractivity contribution in [1.82, 2.24) is 10.2 Å². The Morgan fingerprint density at radius 1 is 0.941 bits per heavy atom. The van der Waals surface area contributed by atoms with Crippen LogP contribution in [-0.4, -0.2) is 55.5 Å². The van der Waals surface area contributed by atoms with E-state index in [1.807, 2.05) is 41.3 Å². The summed E-state index contributed by atoms with van der Waals surface area (Å²) in [4.78, 5) is 30.0. The van der Waals surface area contributed by atoms with Gasteiger partial charge in [-0.3, -0.25) is 9.59 Å². The van der Waals surface area contributed by atoms with Crippen molar-refractivity contribution < 1.29 is 14.3 Å². The van der Waals surface area contributed by atoms with Crippen LogP contribution in [0.1, 0.15) is 34.3 Å². The molecule has 2 fully saturated rings. The van der Waals surface area contributed by atoms with Crippen LogP contribution in [0.4, 0.5) is 5.69 Å². The van der Waals surface area contributed by atoms with Crippen LogP contribution in [0, 0.1) is 13.8 Å². The highest BCUT2D eigenvalue weighted by Gasteiger charge is 2.27. The van der Waals surface area contributed by atoms with Crippen LogP contribution in [0.15, 0.2) is 54.6 Å². The van der Waals surface area contributed by atoms with Gasteiger partial charge < -0.3 is 19.9 Å². The lowest BCUT2D eigenvalue weighted by atomic mass is 10.0. The maximum atomic E-state index is 13.6. The molecule has 2 amide bonds. The zero-order valence-electron chi connectivity index (χ0n) is 19.8. The summed E-state index contributed by atoms with van der Waals surface area (Å²) in [6.07, 6.45) is 2.05. The van der Waals surface area contributed by atoms with E-state index in [1.54, 1.807) is 0 Å². The monoisotopic (exact) mass is 457 g/mol. The van der Waals surface area contributed by atoms with Gasteiger partial charge in [0.2, 0.25) is 0 Å². The Labute approximate surface area is 200 Å². The summed E-state index contributed by atoms with van der Waals surface area (Å²) in [6, 6.07) is 18.3. The molecule has 3 aromatic rings. The van der Waals surface area contributed by atoms with Crippen molar-refractivity contribution in [2.75, 3.05) is 37.7 Å². The number of nitrogens with zero attached hydrogens (tertiary/aromatic N) is 2. The number of fused-ring (bicyclic) bond motifs is 1. The van der Waals surface area contributed by atoms with Crippen LogP contribution in [0.3, 0.4) is 0 Å². The summed E-state index contributed by atoms with van der Waals surface area (Å²) in [6.45, 7) is 7.04. The van der Waals surface area contributed by atoms with Crippen molar-refractivity contribution in [2.45, 2.75) is 32.7 Å². The summed E-state index contributed by atoms with van der Waals surface area (Å²) >= 11 is 0. The minimum absolute atomic E-state index is 0.0519. The van der Waals surface area contributed by atoms with E-state index in [0.29, 0.717) is 24.4 Å². The zero-order valence-corrected chi connectivity index (χ0v) is 19.8. The molecule has 1 saturated heterocycles. The van der Waals surface area contributed by atoms with Gasteiger partial charge in [0.15, 0.2) is 6.61 Å². The first-order chi connectivity index (χ1) is 16.5. The number of nitrogens with one attached hydrogen (secondary N) is 1. The number of hydrogen-bond acceptors (Lipinski definition) is 4. The van der Waals surface area contributed by atoms with Gasteiger partial charge in [0.25, 0.3) is 11.8 Å². The molecular weight excluding hydrogens is 426 g/mol. The standard InChI is InChI=1S/C28H31N3O3/c1-19-6-5-9-25(20(19)2)30-12-14-31(15-13-30)28(33)24-16-21-7-3-4-8-22(21)17-26(24)34-18-27(32)29-23-10-11-23/h3-9,16-17,23H,10-15,18H2,1-2H3,(H,29,32). The highest BCUT2D eigenvalue weighted by atomic mass is 16.5. The summed E-state index contributed by atoms with van der Waals surface area (Å²) in [5.74, 6) is 0.270. The van der Waals surface area contributed by atoms with Crippen molar-refractivity contribution in [3.63, 3.8) is 0 Å². The second kappa shape index (κ2) is 9.37. The van der Waals surface area contributed by atoms with Crippen LogP contribution in [0.2, 0.25) is 0 Å². The van der Waals surface area contributed by atoms with Gasteiger partial charge in [0.1, 0.15) is 5.75 Å². The van der Waals surface area contributed by atoms with Gasteiger partial charge in [-0.25, -0.2) is 0 Å². The fourth-order valence-corrected chi connectivity index (χ4v) is 4.55. The summed E-state index contributed by atoms with van der Waals surface area (Å²) in [5.41, 5.74) is 4.32. The predicted octanol–water partition coefficient (Wildman–Crippen LogP) is 4.08. The summed E-state index contributed by atoms with van der Waals surface area (Å²) in [5, 5.41) is 4.90. The Bertz CT molecular complexity index is 1230. The third kappa shape index (κ3) is 4.72. The van der Waals surface area contributed by atoms with Crippen LogP contribution in [0.25, 0.3) is 10.8 Å². The Balaban J connectivity index is 1.33. The fourth-order valence-electron chi connectivity index (χ4n) is 4.55. The largest absolute Gasteiger partial charge is 0.483 e. The first-order valence-corrected chi connectivity index (χ1v) is 12.0. The van der Waals surface area contributed by atoms with Crippen molar-refractivity contribution >= 4 is 28.3 Å². The molecule has 3 aromatic carbocycles. The molecule has 0 radical (unpaired) electrons. The first kappa shape index (κ1) is 22.3. The van der Waals surface area contributed by atoms with E-state index in [2.05, 4.69) is 42.3 Å². The minimum atomic E-state index is -0.142. The topological polar surface area (TPSA) is 61.9 Å². The number of benzene rings is 3. The second-order valence-electron chi connectivity index (χ2n) is 9.32. The fraction of sp³-hybridized carbons (Fsp3) is 0.357. The van der Waals surface area contributed by atoms with E-state index < -0.39 is 0 Å². The Morgan fingerprint density at radius 3 is 2.35 bits per heavy atom. The SMILES string of the molecule is Cc1cccc(N2CCN(C(=O)c3cc4ccccc4cc3OCC(=O)NC3CC3)CC2)c1C. The normalized spacial score (nSPS) is 15.9. The van der Waals surface area contributed by atoms with E-state index in [0.717, 1.165) is 36.7 Å². The van der Waals surface area contributed by atoms with Crippen LogP contribution < -0.4 is 15.0 Å². The number of piperazine rings is 1. The molecule has 0 aromatic heterocycles. The third-order valence-electron chi connectivity index (χ3n) is 6.86. The van der Waals surface area contributed by atoms with Crippen molar-refractivity contribution in [3.05, 3.63) is 71.3 Å². The number of rotatable bonds is 6. The maximum Gasteiger partial charge on any atom is 0.258 e. The van der Waals surface area contributed by atoms with E-state index in [1.165, 1.54) is 16.8 Å². The molecule has 176 valence electrons. The molecule has 0 atom stereocenters. The lowest BCUT2D eigenvalue weighted by Gasteiger charge is -2.37. The molecule has 6 heteroatoms. The number of aryl methyl sites for hydroxylation is 1. The van der Waals surface area contributed by atoms with Gasteiger partial charge in [0, 0.05) is 37.9 Å². The molecule has 5 rings (SSSR count). The first-order valence-electron chi connectivity index (χ1n) is 12.0. The van der Waals surface area contributed by atoms with Crippen molar-refractivity contribution in [1.29, 1.82) is 0 Å². The van der Waals surface area contributed by atoms with E-state index in [4.69, 9.17) is 4.74 Å². The quantitative estimate of drug-likeness (QED) is 0.606. The lowest BCUT2D eigenvalue weighted by Crippen LogP contribution is -2.49. The van der Waals surface area contributed by atoms with Gasteiger partial charge >= 0.3 is 0 Å². The van der Waals surface area contributed by atoms with E-state index in [-0.39, 0.29) is 24.5 Å². The molecule has 34 heavy (non-hydrogen) atoms. The number of ether oxygens (including phenoxy) is 1. The lowest BCUT2D eigenvalue weighted by molar-refractivity contribution is -0.123. The molecular formula is C28H31N3O3. The molecule has 0 spiro atoms. The van der Waals surface area contributed by atoms with Gasteiger partial charge in [0.05, 0.1) is 5.56 Å². The van der Waals surface area contributed by atoms with Crippen LogP contribution >= 0.6 is 0 Å². The average molecular weight is 458 g/mol. The smallest absolute Gasteiger partial charge is 0.258 e. The zero-order chi connectivity index (χ0) is 23.7. The van der Waals surface area contributed by atoms with Crippen molar-refractivity contribution in [3.8, 4) is 5.75 Å². The summed E-state index contributed by atoms with van der Waals surface area (Å²) < 4.78 is 5.90. The molecule has 6 nitrogen and oxygen atoms in total. The number of amides is 2. The van der Waals surface area contributed by atoms with Gasteiger partial charge in [-0.15, -0.1) is 0 Å². The molecule has 2 aliphatic rings. The van der Waals surface area contributed by atoms with Gasteiger partial charge in [-0.2, -0.15) is 0 Å². The second-order valence-corrected chi connectivity index (χ2v) is 9.32. The Kier molecular flexibility index (Phi) is 6.14. The van der Waals surface area contributed by atoms with Crippen LogP contribution in [-0.2, 0) is 4.79 Å². The van der Waals surface area contributed by atoms with Crippen molar-refractivity contribution in [2.24, 2.45) is 0 Å². The van der Waals surface area contributed by atoms with Gasteiger partial charge in [-0.05, 0) is 66.8 Å². The Hall–Kier alpha value is -3.54. The number of carbonyl (C=O) groups excluding carboxylic acids is 2. The molecule has 1 saturated carbocycles. The number of hydrogen-bond donors (Lipinski definition) is 1. The number of anilines is 1. The molecule has 1 aliphatic carbocycles. The number of carbonyl (C=O) groups is 2. The average Bonchev–Trinajstić information content (AvgIpc) is 3.67. The summed E-state index contributed by atoms with van der Waals surface area (Å²) in [7, 11) is 0. The molecule has 1 heterocycles. The highest BCUT2D eigenvalue weighted by Crippen LogP contribution is 2.29. The minimum Gasteiger partial charge on any atom is -0.483 e. The van der Waals surface area contributed by atoms with E-state index >= 15 is 0 Å². The predicted molar refractivity (Wildman–Crippen MR) is 135 cm³/mol. The van der Waals surface area contributed by atoms with Gasteiger partial charge in [-0.1, -0.05) is 36.4 Å². The highest BCUT2D eigenvalue weighted by molar-refractivity contribution is 6.02. The molecule has 1 aliphatic heterocycles. The Morgan fingerprint density at radius 2 is 1.65 bits per heavy atom. The molecule has 0 unspecified atom stereocenters. The third-order valence-corrected chi connectivity index (χ3v) is 6.86. The maximum absolute atomic E-state index is 13.6. The molecule has 1 N–H and O–H groups in total. The van der Waals surface area contributed by atoms with E-state index in [9.17, 15) is 9.59 Å².